The Balaban J connectivity index is 2.34. The van der Waals surface area contributed by atoms with Gasteiger partial charge in [0.2, 0.25) is 0 Å². The summed E-state index contributed by atoms with van der Waals surface area (Å²) < 4.78 is 1.37. The van der Waals surface area contributed by atoms with Gasteiger partial charge in [-0.1, -0.05) is 38.5 Å². The van der Waals surface area contributed by atoms with E-state index in [0.29, 0.717) is 12.2 Å². The van der Waals surface area contributed by atoms with E-state index in [1.54, 1.807) is 0 Å². The van der Waals surface area contributed by atoms with E-state index in [1.807, 2.05) is 31.2 Å². The predicted molar refractivity (Wildman–Crippen MR) is 87.5 cm³/mol. The van der Waals surface area contributed by atoms with E-state index in [1.165, 1.54) is 10.7 Å². The van der Waals surface area contributed by atoms with Crippen molar-refractivity contribution >= 4 is 0 Å². The van der Waals surface area contributed by atoms with Crippen LogP contribution in [0.5, 0.6) is 5.75 Å². The van der Waals surface area contributed by atoms with Crippen LogP contribution in [-0.2, 0) is 13.0 Å². The van der Waals surface area contributed by atoms with Crippen LogP contribution in [0, 0.1) is 0 Å². The number of hydrogen-bond acceptors (Lipinski definition) is 4. The summed E-state index contributed by atoms with van der Waals surface area (Å²) in [5.74, 6) is -0.0563. The molecule has 0 bridgehead atoms. The third-order valence-electron chi connectivity index (χ3n) is 3.59. The minimum absolute atomic E-state index is 0.0563. The van der Waals surface area contributed by atoms with Gasteiger partial charge in [0.1, 0.15) is 11.4 Å². The van der Waals surface area contributed by atoms with Gasteiger partial charge in [0.05, 0.1) is 5.69 Å². The average molecular weight is 301 g/mol. The molecule has 5 heteroatoms. The molecule has 1 aromatic heterocycles. The van der Waals surface area contributed by atoms with E-state index >= 15 is 0 Å². The van der Waals surface area contributed by atoms with Crippen molar-refractivity contribution in [2.45, 2.75) is 39.7 Å². The van der Waals surface area contributed by atoms with Gasteiger partial charge in [-0.3, -0.25) is 4.79 Å². The van der Waals surface area contributed by atoms with Gasteiger partial charge in [0.25, 0.3) is 5.56 Å². The molecule has 0 amide bonds. The maximum atomic E-state index is 12.2. The monoisotopic (exact) mass is 301 g/mol. The number of benzene rings is 1. The molecule has 0 aliphatic heterocycles. The standard InChI is InChI=1S/C17H23N3O2/c1-3-5-10-18-12-14-16(21)11-17(22)20(19-14)15-9-7-6-8-13(15)4-2/h6-9,11,18,21H,3-5,10,12H2,1-2H3. The topological polar surface area (TPSA) is 67.2 Å². The van der Waals surface area contributed by atoms with Gasteiger partial charge in [-0.2, -0.15) is 9.78 Å². The number of para-hydroxylation sites is 1. The molecule has 0 atom stereocenters. The number of rotatable bonds is 7. The number of hydrogen-bond donors (Lipinski definition) is 2. The van der Waals surface area contributed by atoms with E-state index in [9.17, 15) is 9.90 Å². The molecule has 118 valence electrons. The van der Waals surface area contributed by atoms with Gasteiger partial charge in [0, 0.05) is 12.6 Å². The lowest BCUT2D eigenvalue weighted by molar-refractivity contribution is 0.451. The summed E-state index contributed by atoms with van der Waals surface area (Å²) in [4.78, 5) is 12.2. The van der Waals surface area contributed by atoms with Crippen LogP contribution >= 0.6 is 0 Å². The van der Waals surface area contributed by atoms with Crippen LogP contribution in [0.25, 0.3) is 5.69 Å². The fourth-order valence-corrected chi connectivity index (χ4v) is 2.31. The van der Waals surface area contributed by atoms with Crippen molar-refractivity contribution < 1.29 is 5.11 Å². The van der Waals surface area contributed by atoms with Crippen molar-refractivity contribution in [1.82, 2.24) is 15.1 Å². The summed E-state index contributed by atoms with van der Waals surface area (Å²) in [6.07, 6.45) is 2.99. The SMILES string of the molecule is CCCCNCc1nn(-c2ccccc2CC)c(=O)cc1O. The molecule has 1 aromatic carbocycles. The van der Waals surface area contributed by atoms with Crippen molar-refractivity contribution in [3.8, 4) is 11.4 Å². The molecule has 0 radical (unpaired) electrons. The summed E-state index contributed by atoms with van der Waals surface area (Å²) in [5, 5.41) is 17.5. The lowest BCUT2D eigenvalue weighted by Gasteiger charge is -2.12. The maximum absolute atomic E-state index is 12.2. The summed E-state index contributed by atoms with van der Waals surface area (Å²) in [5.41, 5.74) is 1.98. The number of nitrogens with zero attached hydrogens (tertiary/aromatic N) is 2. The zero-order valence-electron chi connectivity index (χ0n) is 13.2. The van der Waals surface area contributed by atoms with Crippen LogP contribution in [0.15, 0.2) is 35.1 Å². The third kappa shape index (κ3) is 3.74. The Hall–Kier alpha value is -2.14. The molecule has 2 N–H and O–H groups in total. The summed E-state index contributed by atoms with van der Waals surface area (Å²) >= 11 is 0. The van der Waals surface area contributed by atoms with Crippen molar-refractivity contribution in [3.63, 3.8) is 0 Å². The highest BCUT2D eigenvalue weighted by atomic mass is 16.3. The minimum atomic E-state index is -0.323. The van der Waals surface area contributed by atoms with Gasteiger partial charge in [-0.25, -0.2) is 0 Å². The number of unbranched alkanes of at least 4 members (excludes halogenated alkanes) is 1. The molecule has 0 fully saturated rings. The summed E-state index contributed by atoms with van der Waals surface area (Å²) in [7, 11) is 0. The molecule has 1 heterocycles. The summed E-state index contributed by atoms with van der Waals surface area (Å²) in [6.45, 7) is 5.47. The first-order chi connectivity index (χ1) is 10.7. The Labute approximate surface area is 130 Å². The average Bonchev–Trinajstić information content (AvgIpc) is 2.53. The van der Waals surface area contributed by atoms with Gasteiger partial charge in [0.15, 0.2) is 0 Å². The first kappa shape index (κ1) is 16.2. The number of aryl methyl sites for hydroxylation is 1. The van der Waals surface area contributed by atoms with Gasteiger partial charge in [-0.05, 0) is 31.0 Å². The fourth-order valence-electron chi connectivity index (χ4n) is 2.31. The van der Waals surface area contributed by atoms with E-state index in [-0.39, 0.29) is 11.3 Å². The Bertz CT molecular complexity index is 680. The zero-order chi connectivity index (χ0) is 15.9. The molecule has 2 rings (SSSR count). The molecule has 5 nitrogen and oxygen atoms in total. The van der Waals surface area contributed by atoms with Crippen molar-refractivity contribution in [1.29, 1.82) is 0 Å². The van der Waals surface area contributed by atoms with Crippen LogP contribution in [0.3, 0.4) is 0 Å². The highest BCUT2D eigenvalue weighted by Gasteiger charge is 2.11. The molecule has 0 saturated heterocycles. The molecule has 0 aliphatic carbocycles. The second kappa shape index (κ2) is 7.75. The second-order valence-electron chi connectivity index (χ2n) is 5.24. The Morgan fingerprint density at radius 2 is 2.05 bits per heavy atom. The van der Waals surface area contributed by atoms with Crippen LogP contribution in [0.4, 0.5) is 0 Å². The van der Waals surface area contributed by atoms with Crippen LogP contribution in [-0.4, -0.2) is 21.4 Å². The van der Waals surface area contributed by atoms with Crippen LogP contribution < -0.4 is 10.9 Å². The van der Waals surface area contributed by atoms with Gasteiger partial charge >= 0.3 is 0 Å². The van der Waals surface area contributed by atoms with E-state index in [0.717, 1.165) is 37.1 Å². The van der Waals surface area contributed by atoms with E-state index < -0.39 is 0 Å². The normalized spacial score (nSPS) is 10.8. The fraction of sp³-hybridized carbons (Fsp3) is 0.412. The first-order valence-electron chi connectivity index (χ1n) is 7.78. The Morgan fingerprint density at radius 3 is 2.77 bits per heavy atom. The summed E-state index contributed by atoms with van der Waals surface area (Å²) in [6, 6.07) is 8.92. The predicted octanol–water partition coefficient (Wildman–Crippen LogP) is 2.39. The smallest absolute Gasteiger partial charge is 0.275 e. The second-order valence-corrected chi connectivity index (χ2v) is 5.24. The molecule has 0 saturated carbocycles. The lowest BCUT2D eigenvalue weighted by Crippen LogP contribution is -2.25. The van der Waals surface area contributed by atoms with Gasteiger partial charge < -0.3 is 10.4 Å². The highest BCUT2D eigenvalue weighted by Crippen LogP contribution is 2.15. The molecule has 0 spiro atoms. The van der Waals surface area contributed by atoms with Crippen molar-refractivity contribution in [2.75, 3.05) is 6.54 Å². The van der Waals surface area contributed by atoms with E-state index in [4.69, 9.17) is 0 Å². The Morgan fingerprint density at radius 1 is 1.27 bits per heavy atom. The van der Waals surface area contributed by atoms with Crippen LogP contribution in [0.1, 0.15) is 37.9 Å². The lowest BCUT2D eigenvalue weighted by atomic mass is 10.1. The number of aromatic nitrogens is 2. The van der Waals surface area contributed by atoms with Crippen molar-refractivity contribution in [2.24, 2.45) is 0 Å². The van der Waals surface area contributed by atoms with Crippen molar-refractivity contribution in [3.05, 3.63) is 51.9 Å². The number of aromatic hydroxyl groups is 1. The maximum Gasteiger partial charge on any atom is 0.275 e. The number of nitrogens with one attached hydrogen (secondary N) is 1. The van der Waals surface area contributed by atoms with E-state index in [2.05, 4.69) is 17.3 Å². The quantitative estimate of drug-likeness (QED) is 0.771. The molecule has 0 unspecified atom stereocenters. The minimum Gasteiger partial charge on any atom is -0.506 e. The molecule has 2 aromatic rings. The largest absolute Gasteiger partial charge is 0.506 e. The molecular weight excluding hydrogens is 278 g/mol. The molecule has 22 heavy (non-hydrogen) atoms. The van der Waals surface area contributed by atoms with Gasteiger partial charge in [-0.15, -0.1) is 0 Å². The first-order valence-corrected chi connectivity index (χ1v) is 7.78. The molecular formula is C17H23N3O2. The highest BCUT2D eigenvalue weighted by molar-refractivity contribution is 5.41. The Kier molecular flexibility index (Phi) is 5.72. The zero-order valence-corrected chi connectivity index (χ0v) is 13.2. The van der Waals surface area contributed by atoms with Crippen LogP contribution in [0.2, 0.25) is 0 Å². The molecule has 0 aliphatic rings. The third-order valence-corrected chi connectivity index (χ3v) is 3.59.